The fourth-order valence-corrected chi connectivity index (χ4v) is 16.7. The Bertz CT molecular complexity index is 2170. The maximum absolute atomic E-state index is 13.3. The van der Waals surface area contributed by atoms with Crippen LogP contribution in [0.3, 0.4) is 0 Å². The molecule has 0 aromatic heterocycles. The van der Waals surface area contributed by atoms with Gasteiger partial charge < -0.3 is 120 Å². The van der Waals surface area contributed by atoms with Gasteiger partial charge in [-0.3, -0.25) is 4.79 Å². The summed E-state index contributed by atoms with van der Waals surface area (Å²) in [5.74, 6) is -1.57. The van der Waals surface area contributed by atoms with Crippen LogP contribution >= 0.6 is 0 Å². The van der Waals surface area contributed by atoms with Gasteiger partial charge in [0.15, 0.2) is 25.2 Å². The second-order valence-electron chi connectivity index (χ2n) is 26.2. The minimum Gasteiger partial charge on any atom is -0.481 e. The third-order valence-corrected chi connectivity index (χ3v) is 21.7. The van der Waals surface area contributed by atoms with E-state index < -0.39 is 201 Å². The molecule has 5 aliphatic carbocycles. The lowest BCUT2D eigenvalue weighted by Crippen LogP contribution is -2.69. The molecule has 454 valence electrons. The van der Waals surface area contributed by atoms with Gasteiger partial charge in [-0.05, 0) is 97.2 Å². The lowest BCUT2D eigenvalue weighted by molar-refractivity contribution is -0.405. The van der Waals surface area contributed by atoms with Crippen LogP contribution in [0.5, 0.6) is 0 Å². The van der Waals surface area contributed by atoms with Gasteiger partial charge in [0, 0.05) is 5.41 Å². The molecule has 0 amide bonds. The zero-order chi connectivity index (χ0) is 57.9. The molecule has 4 heterocycles. The van der Waals surface area contributed by atoms with Gasteiger partial charge in [-0.2, -0.15) is 0 Å². The van der Waals surface area contributed by atoms with Crippen LogP contribution in [-0.4, -0.2) is 256 Å². The van der Waals surface area contributed by atoms with Gasteiger partial charge in [-0.15, -0.1) is 0 Å². The molecule has 0 bridgehead atoms. The molecule has 25 heteroatoms. The summed E-state index contributed by atoms with van der Waals surface area (Å²) in [5, 5.41) is 176. The summed E-state index contributed by atoms with van der Waals surface area (Å²) in [4.78, 5) is 13.3. The molecule has 4 saturated heterocycles. The van der Waals surface area contributed by atoms with Crippen molar-refractivity contribution in [3.05, 3.63) is 11.6 Å². The van der Waals surface area contributed by atoms with E-state index in [1.165, 1.54) is 0 Å². The highest BCUT2D eigenvalue weighted by Gasteiger charge is 2.72. The Morgan fingerprint density at radius 3 is 1.56 bits per heavy atom. The maximum atomic E-state index is 13.3. The second-order valence-corrected chi connectivity index (χ2v) is 26.2. The summed E-state index contributed by atoms with van der Waals surface area (Å²) in [6.45, 7) is 8.96. The number of aliphatic carboxylic acids is 1. The van der Waals surface area contributed by atoms with Crippen molar-refractivity contribution in [3.8, 4) is 0 Å². The van der Waals surface area contributed by atoms with Crippen LogP contribution in [0.15, 0.2) is 11.6 Å². The molecular formula is C54H88O25. The van der Waals surface area contributed by atoms with E-state index in [9.17, 15) is 86.5 Å². The van der Waals surface area contributed by atoms with Gasteiger partial charge in [-0.25, -0.2) is 0 Å². The molecule has 30 atom stereocenters. The van der Waals surface area contributed by atoms with E-state index in [0.717, 1.165) is 5.57 Å². The Balaban J connectivity index is 1.03. The molecule has 4 aliphatic heterocycles. The topological polar surface area (TPSA) is 415 Å². The van der Waals surface area contributed by atoms with Crippen LogP contribution in [0.2, 0.25) is 0 Å². The number of aliphatic hydroxyl groups is 15. The van der Waals surface area contributed by atoms with Gasteiger partial charge in [-0.1, -0.05) is 53.2 Å². The fourth-order valence-electron chi connectivity index (χ4n) is 16.7. The Kier molecular flexibility index (Phi) is 17.7. The van der Waals surface area contributed by atoms with Crippen LogP contribution in [0.1, 0.15) is 99.3 Å². The van der Waals surface area contributed by atoms with Gasteiger partial charge in [0.25, 0.3) is 0 Å². The molecule has 0 aromatic carbocycles. The van der Waals surface area contributed by atoms with Crippen molar-refractivity contribution in [1.29, 1.82) is 0 Å². The van der Waals surface area contributed by atoms with Crippen molar-refractivity contribution < 1.29 is 124 Å². The van der Waals surface area contributed by atoms with E-state index in [1.807, 2.05) is 6.92 Å². The average Bonchev–Trinajstić information content (AvgIpc) is 2.43. The molecule has 9 rings (SSSR count). The number of carbonyl (C=O) groups is 1. The second kappa shape index (κ2) is 22.6. The van der Waals surface area contributed by atoms with Gasteiger partial charge in [0.2, 0.25) is 0 Å². The molecule has 0 spiro atoms. The number of hydrogen-bond donors (Lipinski definition) is 16. The Labute approximate surface area is 458 Å². The van der Waals surface area contributed by atoms with Crippen LogP contribution in [0, 0.1) is 50.2 Å². The van der Waals surface area contributed by atoms with Crippen molar-refractivity contribution in [1.82, 2.24) is 0 Å². The Morgan fingerprint density at radius 1 is 0.532 bits per heavy atom. The van der Waals surface area contributed by atoms with Crippen LogP contribution < -0.4 is 0 Å². The molecule has 8 fully saturated rings. The number of carboxylic acid groups (broad SMARTS) is 1. The molecule has 0 radical (unpaired) electrons. The normalized spacial score (nSPS) is 54.6. The predicted octanol–water partition coefficient (Wildman–Crippen LogP) is -3.53. The molecule has 4 saturated carbocycles. The van der Waals surface area contributed by atoms with E-state index in [0.29, 0.717) is 44.9 Å². The third kappa shape index (κ3) is 9.89. The highest BCUT2D eigenvalue weighted by atomic mass is 16.8. The number of aliphatic hydroxyl groups excluding tert-OH is 15. The number of allylic oxidation sites excluding steroid dienone is 2. The largest absolute Gasteiger partial charge is 0.481 e. The smallest absolute Gasteiger partial charge is 0.312 e. The first-order valence-electron chi connectivity index (χ1n) is 28.1. The lowest BCUT2D eigenvalue weighted by Gasteiger charge is -2.72. The maximum Gasteiger partial charge on any atom is 0.312 e. The highest BCUT2D eigenvalue weighted by molar-refractivity contribution is 5.77. The summed E-state index contributed by atoms with van der Waals surface area (Å²) in [7, 11) is 0. The summed E-state index contributed by atoms with van der Waals surface area (Å²) in [5.41, 5.74) is -2.85. The van der Waals surface area contributed by atoms with E-state index in [2.05, 4.69) is 40.7 Å². The van der Waals surface area contributed by atoms with Crippen molar-refractivity contribution >= 4 is 5.97 Å². The first-order chi connectivity index (χ1) is 37.1. The van der Waals surface area contributed by atoms with Crippen molar-refractivity contribution in [3.63, 3.8) is 0 Å². The van der Waals surface area contributed by atoms with E-state index in [4.69, 9.17) is 37.9 Å². The highest BCUT2D eigenvalue weighted by Crippen LogP contribution is 2.76. The first-order valence-corrected chi connectivity index (χ1v) is 28.1. The minimum atomic E-state index is -2.13. The summed E-state index contributed by atoms with van der Waals surface area (Å²) in [6.07, 6.45) is -32.0. The van der Waals surface area contributed by atoms with Crippen molar-refractivity contribution in [2.75, 3.05) is 33.0 Å². The van der Waals surface area contributed by atoms with Crippen LogP contribution in [0.4, 0.5) is 0 Å². The van der Waals surface area contributed by atoms with Crippen LogP contribution in [0.25, 0.3) is 0 Å². The zero-order valence-corrected chi connectivity index (χ0v) is 45.7. The van der Waals surface area contributed by atoms with E-state index in [1.54, 1.807) is 0 Å². The van der Waals surface area contributed by atoms with Gasteiger partial charge in [0.05, 0.1) is 45.2 Å². The number of hydrogen-bond acceptors (Lipinski definition) is 24. The third-order valence-electron chi connectivity index (χ3n) is 21.7. The summed E-state index contributed by atoms with van der Waals surface area (Å²) >= 11 is 0. The molecule has 25 nitrogen and oxygen atoms in total. The summed E-state index contributed by atoms with van der Waals surface area (Å²) < 4.78 is 48.7. The Morgan fingerprint density at radius 2 is 1.03 bits per heavy atom. The van der Waals surface area contributed by atoms with Gasteiger partial charge in [0.1, 0.15) is 103 Å². The standard InChI is InChI=1S/C54H88O25/c1-49(2)13-14-54(48(70)71)23(15-49)22-7-8-29-50(3)11-10-31(51(4,21-59)28(50)9-12-52(29,5)53(22,6)16-30(54)60)76-47-43(79-45-39(68)37(66)33(62)25(18-56)73-45)42(35(64)27(20-58)75-47)78-46-40(69)41(34(63)26(19-57)74-46)77-44-38(67)36(65)32(61)24(17-55)72-44/h7,23-47,55-69H,8-21H2,1-6H3,(H,70,71)/t23-,24+,25+,26+,27+,28+,29+,30+,31-,32+,33+,34+,35+,36-,37-,38+,39+,40+,41-,42-,43+,44-,45-,46-,47-,50-,51-,52+,53+,54+/m0/s1. The van der Waals surface area contributed by atoms with Crippen molar-refractivity contribution in [2.24, 2.45) is 50.2 Å². The predicted molar refractivity (Wildman–Crippen MR) is 266 cm³/mol. The van der Waals surface area contributed by atoms with E-state index in [-0.39, 0.29) is 36.0 Å². The van der Waals surface area contributed by atoms with Crippen molar-refractivity contribution in [2.45, 2.75) is 234 Å². The number of ether oxygens (including phenoxy) is 8. The molecule has 16 N–H and O–H groups in total. The molecular weight excluding hydrogens is 1050 g/mol. The van der Waals surface area contributed by atoms with E-state index >= 15 is 0 Å². The lowest BCUT2D eigenvalue weighted by atomic mass is 9.33. The fraction of sp³-hybridized carbons (Fsp3) is 0.944. The number of rotatable bonds is 14. The summed E-state index contributed by atoms with van der Waals surface area (Å²) in [6, 6.07) is 0. The molecule has 9 aliphatic rings. The SMILES string of the molecule is CC1(C)CC[C@]2(C(=O)O)[C@H](O)C[C@]3(C)C(=CC[C@@H]4[C@@]5(C)CC[C@H](O[C@@H]6O[C@H](CO)[C@@H](O)[C@H](O[C@@H]7O[C@H](CO)[C@@H](O)[C@H](O[C@@H]8O[C@H](CO)[C@@H](O)[C@H](O)[C@H]8O)[C@H]7O)[C@H]6O[C@@H]6O[C@H](CO)[C@@H](O)[C@H](O)[C@H]6O)[C@@](C)(CO)[C@@H]5CC[C@]43C)[C@@H]2C1. The van der Waals surface area contributed by atoms with Gasteiger partial charge >= 0.3 is 5.97 Å². The molecule has 0 unspecified atom stereocenters. The molecule has 79 heavy (non-hydrogen) atoms. The van der Waals surface area contributed by atoms with Crippen LogP contribution in [-0.2, 0) is 42.7 Å². The average molecular weight is 1140 g/mol. The first kappa shape index (κ1) is 61.8. The zero-order valence-electron chi connectivity index (χ0n) is 45.7. The number of fused-ring (bicyclic) bond motifs is 7. The monoisotopic (exact) mass is 1140 g/mol. The minimum absolute atomic E-state index is 0.00273. The molecule has 0 aromatic rings. The number of carboxylic acids is 1. The Hall–Kier alpha value is -1.71. The quantitative estimate of drug-likeness (QED) is 0.0592.